The minimum absolute atomic E-state index is 0.0159. The summed E-state index contributed by atoms with van der Waals surface area (Å²) in [6.07, 6.45) is 6.79. The van der Waals surface area contributed by atoms with Crippen LogP contribution in [0.3, 0.4) is 0 Å². The van der Waals surface area contributed by atoms with E-state index in [-0.39, 0.29) is 6.04 Å². The second kappa shape index (κ2) is 6.82. The number of aromatic nitrogens is 3. The van der Waals surface area contributed by atoms with Crippen molar-refractivity contribution in [3.05, 3.63) is 46.7 Å². The van der Waals surface area contributed by atoms with Crippen LogP contribution in [0.25, 0.3) is 0 Å². The Balaban J connectivity index is 2.40. The molecule has 2 heterocycles. The molecule has 2 rings (SSSR count). The quantitative estimate of drug-likeness (QED) is 0.888. The lowest BCUT2D eigenvalue weighted by atomic mass is 10.1. The Morgan fingerprint density at radius 2 is 2.16 bits per heavy atom. The van der Waals surface area contributed by atoms with Crippen LogP contribution in [0.4, 0.5) is 0 Å². The third kappa shape index (κ3) is 3.22. The second-order valence-electron chi connectivity index (χ2n) is 4.34. The van der Waals surface area contributed by atoms with Crippen LogP contribution in [-0.2, 0) is 6.54 Å². The van der Waals surface area contributed by atoms with Crippen LogP contribution in [0.15, 0.2) is 35.2 Å². The van der Waals surface area contributed by atoms with E-state index in [0.717, 1.165) is 35.5 Å². The summed E-state index contributed by atoms with van der Waals surface area (Å²) < 4.78 is 3.20. The number of halogens is 1. The predicted octanol–water partition coefficient (Wildman–Crippen LogP) is 3.15. The maximum Gasteiger partial charge on any atom is 0.132 e. The van der Waals surface area contributed by atoms with E-state index in [0.29, 0.717) is 0 Å². The molecule has 0 amide bonds. The zero-order chi connectivity index (χ0) is 13.7. The van der Waals surface area contributed by atoms with E-state index in [1.54, 1.807) is 0 Å². The van der Waals surface area contributed by atoms with Crippen LogP contribution in [0, 0.1) is 0 Å². The van der Waals surface area contributed by atoms with Crippen molar-refractivity contribution in [1.29, 1.82) is 0 Å². The molecule has 0 saturated carbocycles. The highest BCUT2D eigenvalue weighted by atomic mass is 79.9. The zero-order valence-electron chi connectivity index (χ0n) is 11.3. The third-order valence-corrected chi connectivity index (χ3v) is 3.61. The molecule has 4 nitrogen and oxygen atoms in total. The average Bonchev–Trinajstić information content (AvgIpc) is 2.86. The van der Waals surface area contributed by atoms with Gasteiger partial charge in [-0.15, -0.1) is 0 Å². The standard InChI is InChI=1S/C14H19BrN4/c1-3-9-19-10-8-18-14(19)13(16-4-2)12-11(15)6-5-7-17-12/h5-8,10,13,16H,3-4,9H2,1-2H3. The number of hydrogen-bond acceptors (Lipinski definition) is 3. The molecule has 0 aromatic carbocycles. The Kier molecular flexibility index (Phi) is 5.10. The number of hydrogen-bond donors (Lipinski definition) is 1. The van der Waals surface area contributed by atoms with Crippen molar-refractivity contribution in [1.82, 2.24) is 19.9 Å². The van der Waals surface area contributed by atoms with Gasteiger partial charge >= 0.3 is 0 Å². The predicted molar refractivity (Wildman–Crippen MR) is 80.0 cm³/mol. The molecule has 1 atom stereocenters. The maximum absolute atomic E-state index is 4.51. The minimum Gasteiger partial charge on any atom is -0.333 e. The molecule has 0 spiro atoms. The molecule has 0 aliphatic rings. The summed E-state index contributed by atoms with van der Waals surface area (Å²) in [6.45, 7) is 6.11. The van der Waals surface area contributed by atoms with Crippen molar-refractivity contribution < 1.29 is 0 Å². The van der Waals surface area contributed by atoms with E-state index in [1.807, 2.05) is 30.7 Å². The van der Waals surface area contributed by atoms with Gasteiger partial charge < -0.3 is 9.88 Å². The Morgan fingerprint density at radius 3 is 2.84 bits per heavy atom. The molecule has 102 valence electrons. The number of pyridine rings is 1. The lowest BCUT2D eigenvalue weighted by molar-refractivity contribution is 0.534. The summed E-state index contributed by atoms with van der Waals surface area (Å²) >= 11 is 3.58. The van der Waals surface area contributed by atoms with Gasteiger partial charge in [0.1, 0.15) is 11.9 Å². The smallest absolute Gasteiger partial charge is 0.132 e. The van der Waals surface area contributed by atoms with Crippen LogP contribution >= 0.6 is 15.9 Å². The maximum atomic E-state index is 4.51. The highest BCUT2D eigenvalue weighted by Crippen LogP contribution is 2.25. The third-order valence-electron chi connectivity index (χ3n) is 2.94. The molecule has 1 unspecified atom stereocenters. The first kappa shape index (κ1) is 14.2. The summed E-state index contributed by atoms with van der Waals surface area (Å²) in [6, 6.07) is 3.96. The van der Waals surface area contributed by atoms with Gasteiger partial charge in [0.2, 0.25) is 0 Å². The van der Waals surface area contributed by atoms with E-state index < -0.39 is 0 Å². The lowest BCUT2D eigenvalue weighted by Crippen LogP contribution is -2.26. The van der Waals surface area contributed by atoms with Crippen molar-refractivity contribution >= 4 is 15.9 Å². The monoisotopic (exact) mass is 322 g/mol. The second-order valence-corrected chi connectivity index (χ2v) is 5.19. The van der Waals surface area contributed by atoms with Crippen LogP contribution in [0.1, 0.15) is 37.8 Å². The summed E-state index contributed by atoms with van der Waals surface area (Å²) in [5.41, 5.74) is 0.980. The van der Waals surface area contributed by atoms with Gasteiger partial charge in [-0.25, -0.2) is 4.98 Å². The molecule has 19 heavy (non-hydrogen) atoms. The summed E-state index contributed by atoms with van der Waals surface area (Å²) in [4.78, 5) is 9.00. The van der Waals surface area contributed by atoms with Crippen molar-refractivity contribution in [2.45, 2.75) is 32.9 Å². The molecule has 5 heteroatoms. The Labute approximate surface area is 122 Å². The van der Waals surface area contributed by atoms with Gasteiger partial charge in [0.25, 0.3) is 0 Å². The summed E-state index contributed by atoms with van der Waals surface area (Å²) in [5, 5.41) is 3.47. The Hall–Kier alpha value is -1.20. The van der Waals surface area contributed by atoms with Gasteiger partial charge in [-0.05, 0) is 41.0 Å². The fourth-order valence-corrected chi connectivity index (χ4v) is 2.62. The topological polar surface area (TPSA) is 42.7 Å². The molecule has 0 aliphatic carbocycles. The van der Waals surface area contributed by atoms with Gasteiger partial charge in [-0.2, -0.15) is 0 Å². The normalized spacial score (nSPS) is 12.6. The number of rotatable bonds is 6. The van der Waals surface area contributed by atoms with E-state index in [9.17, 15) is 0 Å². The van der Waals surface area contributed by atoms with Crippen LogP contribution < -0.4 is 5.32 Å². The van der Waals surface area contributed by atoms with Crippen molar-refractivity contribution in [2.24, 2.45) is 0 Å². The number of imidazole rings is 1. The number of nitrogens with one attached hydrogen (secondary N) is 1. The fraction of sp³-hybridized carbons (Fsp3) is 0.429. The van der Waals surface area contributed by atoms with E-state index in [2.05, 4.69) is 49.6 Å². The Morgan fingerprint density at radius 1 is 1.32 bits per heavy atom. The molecule has 0 saturated heterocycles. The molecule has 2 aromatic rings. The molecule has 0 bridgehead atoms. The largest absolute Gasteiger partial charge is 0.333 e. The lowest BCUT2D eigenvalue weighted by Gasteiger charge is -2.19. The highest BCUT2D eigenvalue weighted by Gasteiger charge is 2.21. The van der Waals surface area contributed by atoms with E-state index in [4.69, 9.17) is 0 Å². The van der Waals surface area contributed by atoms with Crippen molar-refractivity contribution in [2.75, 3.05) is 6.54 Å². The number of nitrogens with zero attached hydrogens (tertiary/aromatic N) is 3. The first-order valence-corrected chi connectivity index (χ1v) is 7.42. The first-order valence-electron chi connectivity index (χ1n) is 6.62. The van der Waals surface area contributed by atoms with Gasteiger partial charge in [0.05, 0.1) is 5.69 Å². The summed E-state index contributed by atoms with van der Waals surface area (Å²) in [5.74, 6) is 1.02. The van der Waals surface area contributed by atoms with Crippen molar-refractivity contribution in [3.8, 4) is 0 Å². The molecular weight excluding hydrogens is 304 g/mol. The van der Waals surface area contributed by atoms with Crippen molar-refractivity contribution in [3.63, 3.8) is 0 Å². The molecule has 0 fully saturated rings. The first-order chi connectivity index (χ1) is 9.27. The average molecular weight is 323 g/mol. The molecule has 2 aromatic heterocycles. The van der Waals surface area contributed by atoms with Crippen LogP contribution in [0.2, 0.25) is 0 Å². The zero-order valence-corrected chi connectivity index (χ0v) is 12.9. The highest BCUT2D eigenvalue weighted by molar-refractivity contribution is 9.10. The fourth-order valence-electron chi connectivity index (χ4n) is 2.14. The van der Waals surface area contributed by atoms with Gasteiger partial charge in [-0.1, -0.05) is 13.8 Å². The van der Waals surface area contributed by atoms with Gasteiger partial charge in [0.15, 0.2) is 0 Å². The molecular formula is C14H19BrN4. The van der Waals surface area contributed by atoms with Crippen LogP contribution in [0.5, 0.6) is 0 Å². The minimum atomic E-state index is 0.0159. The number of aryl methyl sites for hydroxylation is 1. The van der Waals surface area contributed by atoms with Gasteiger partial charge in [0, 0.05) is 29.6 Å². The molecule has 0 aliphatic heterocycles. The van der Waals surface area contributed by atoms with Crippen LogP contribution in [-0.4, -0.2) is 21.1 Å². The van der Waals surface area contributed by atoms with E-state index >= 15 is 0 Å². The Bertz CT molecular complexity index is 524. The van der Waals surface area contributed by atoms with E-state index in [1.165, 1.54) is 0 Å². The van der Waals surface area contributed by atoms with Gasteiger partial charge in [-0.3, -0.25) is 4.98 Å². The molecule has 1 N–H and O–H groups in total. The summed E-state index contributed by atoms with van der Waals surface area (Å²) in [7, 11) is 0. The SMILES string of the molecule is CCCn1ccnc1C(NCC)c1ncccc1Br. The molecule has 0 radical (unpaired) electrons.